The van der Waals surface area contributed by atoms with Crippen molar-refractivity contribution >= 4 is 46.0 Å². The van der Waals surface area contributed by atoms with Crippen LogP contribution >= 0.6 is 22.6 Å². The Hall–Kier alpha value is -1.44. The number of amides is 3. The zero-order valence-electron chi connectivity index (χ0n) is 12.0. The molecule has 0 radical (unpaired) electrons. The monoisotopic (exact) mass is 412 g/mol. The summed E-state index contributed by atoms with van der Waals surface area (Å²) in [4.78, 5) is 37.9. The Bertz CT molecular complexity index is 608. The quantitative estimate of drug-likeness (QED) is 0.613. The Morgan fingerprint density at radius 3 is 2.41 bits per heavy atom. The number of halogens is 1. The van der Waals surface area contributed by atoms with Crippen LogP contribution in [0.4, 0.5) is 5.69 Å². The summed E-state index contributed by atoms with van der Waals surface area (Å²) >= 11 is 2.16. The average molecular weight is 412 g/mol. The fourth-order valence-electron chi connectivity index (χ4n) is 3.30. The standard InChI is InChI=1S/C16H17IN2O3/c17-10-4-3-5-11(8-10)18-14(20)9-19-15(21)12-6-1-2-7-13(12)16(19)22/h3-5,8,12-13H,1-2,6-7,9H2,(H,18,20)/t12-,13+. The molecule has 5 nitrogen and oxygen atoms in total. The molecule has 0 aromatic heterocycles. The van der Waals surface area contributed by atoms with Gasteiger partial charge in [0.25, 0.3) is 0 Å². The van der Waals surface area contributed by atoms with Gasteiger partial charge in [-0.1, -0.05) is 18.9 Å². The maximum absolute atomic E-state index is 12.3. The number of anilines is 1. The summed E-state index contributed by atoms with van der Waals surface area (Å²) in [6.45, 7) is -0.184. The van der Waals surface area contributed by atoms with Crippen LogP contribution in [0.3, 0.4) is 0 Å². The van der Waals surface area contributed by atoms with Crippen LogP contribution in [0.2, 0.25) is 0 Å². The summed E-state index contributed by atoms with van der Waals surface area (Å²) in [6.07, 6.45) is 3.51. The number of carbonyl (C=O) groups excluding carboxylic acids is 3. The van der Waals surface area contributed by atoms with Gasteiger partial charge in [0, 0.05) is 9.26 Å². The van der Waals surface area contributed by atoms with Crippen molar-refractivity contribution < 1.29 is 14.4 Å². The van der Waals surface area contributed by atoms with Gasteiger partial charge in [0.15, 0.2) is 0 Å². The molecule has 2 atom stereocenters. The van der Waals surface area contributed by atoms with E-state index in [4.69, 9.17) is 0 Å². The van der Waals surface area contributed by atoms with E-state index in [2.05, 4.69) is 27.9 Å². The van der Waals surface area contributed by atoms with Crippen LogP contribution in [0.15, 0.2) is 24.3 Å². The molecule has 6 heteroatoms. The van der Waals surface area contributed by atoms with Gasteiger partial charge in [-0.05, 0) is 53.6 Å². The van der Waals surface area contributed by atoms with Gasteiger partial charge in [0.2, 0.25) is 17.7 Å². The smallest absolute Gasteiger partial charge is 0.244 e. The summed E-state index contributed by atoms with van der Waals surface area (Å²) < 4.78 is 1.01. The summed E-state index contributed by atoms with van der Waals surface area (Å²) in [6, 6.07) is 7.39. The number of nitrogens with one attached hydrogen (secondary N) is 1. The van der Waals surface area contributed by atoms with E-state index in [0.717, 1.165) is 34.2 Å². The van der Waals surface area contributed by atoms with E-state index in [1.54, 1.807) is 6.07 Å². The van der Waals surface area contributed by atoms with Crippen LogP contribution in [-0.2, 0) is 14.4 Å². The van der Waals surface area contributed by atoms with Crippen molar-refractivity contribution in [2.45, 2.75) is 25.7 Å². The fraction of sp³-hybridized carbons (Fsp3) is 0.438. The van der Waals surface area contributed by atoms with Crippen molar-refractivity contribution in [2.75, 3.05) is 11.9 Å². The predicted octanol–water partition coefficient (Wildman–Crippen LogP) is 2.40. The third-order valence-electron chi connectivity index (χ3n) is 4.34. The number of carbonyl (C=O) groups is 3. The Morgan fingerprint density at radius 1 is 1.18 bits per heavy atom. The summed E-state index contributed by atoms with van der Waals surface area (Å²) in [5, 5.41) is 2.74. The van der Waals surface area contributed by atoms with Crippen molar-refractivity contribution in [3.63, 3.8) is 0 Å². The Kier molecular flexibility index (Phi) is 4.46. The first-order valence-corrected chi connectivity index (χ1v) is 8.55. The molecule has 0 bridgehead atoms. The molecule has 0 spiro atoms. The third kappa shape index (κ3) is 3.02. The molecule has 2 aliphatic rings. The highest BCUT2D eigenvalue weighted by Crippen LogP contribution is 2.37. The van der Waals surface area contributed by atoms with Gasteiger partial charge in [-0.25, -0.2) is 0 Å². The molecule has 1 saturated carbocycles. The molecular formula is C16H17IN2O3. The first-order chi connectivity index (χ1) is 10.6. The zero-order valence-corrected chi connectivity index (χ0v) is 14.2. The highest BCUT2D eigenvalue weighted by atomic mass is 127. The molecule has 3 rings (SSSR count). The molecule has 0 unspecified atom stereocenters. The number of likely N-dealkylation sites (tertiary alicyclic amines) is 1. The van der Waals surface area contributed by atoms with E-state index < -0.39 is 0 Å². The molecule has 1 aromatic carbocycles. The number of fused-ring (bicyclic) bond motifs is 1. The summed E-state index contributed by atoms with van der Waals surface area (Å²) in [5.74, 6) is -1.08. The molecule has 1 heterocycles. The van der Waals surface area contributed by atoms with Gasteiger partial charge in [-0.15, -0.1) is 0 Å². The second-order valence-electron chi connectivity index (χ2n) is 5.82. The lowest BCUT2D eigenvalue weighted by molar-refractivity contribution is -0.142. The summed E-state index contributed by atoms with van der Waals surface area (Å²) in [7, 11) is 0. The molecule has 1 saturated heterocycles. The number of imide groups is 1. The molecule has 2 fully saturated rings. The minimum absolute atomic E-state index is 0.174. The van der Waals surface area contributed by atoms with Crippen molar-refractivity contribution in [2.24, 2.45) is 11.8 Å². The second kappa shape index (κ2) is 6.36. The van der Waals surface area contributed by atoms with E-state index >= 15 is 0 Å². The van der Waals surface area contributed by atoms with Crippen molar-refractivity contribution in [1.29, 1.82) is 0 Å². The van der Waals surface area contributed by atoms with Crippen LogP contribution in [-0.4, -0.2) is 29.2 Å². The lowest BCUT2D eigenvalue weighted by atomic mass is 9.81. The first-order valence-electron chi connectivity index (χ1n) is 7.47. The minimum atomic E-state index is -0.331. The zero-order chi connectivity index (χ0) is 15.7. The van der Waals surface area contributed by atoms with Gasteiger partial charge >= 0.3 is 0 Å². The maximum atomic E-state index is 12.3. The van der Waals surface area contributed by atoms with Gasteiger partial charge in [-0.3, -0.25) is 19.3 Å². The number of hydrogen-bond acceptors (Lipinski definition) is 3. The van der Waals surface area contributed by atoms with Crippen LogP contribution in [0.25, 0.3) is 0 Å². The topological polar surface area (TPSA) is 66.5 Å². The van der Waals surface area contributed by atoms with Crippen molar-refractivity contribution in [3.8, 4) is 0 Å². The molecule has 1 aliphatic heterocycles. The highest BCUT2D eigenvalue weighted by molar-refractivity contribution is 14.1. The Labute approximate surface area is 142 Å². The van der Waals surface area contributed by atoms with E-state index in [-0.39, 0.29) is 36.1 Å². The predicted molar refractivity (Wildman–Crippen MR) is 90.0 cm³/mol. The molecule has 3 amide bonds. The number of rotatable bonds is 3. The van der Waals surface area contributed by atoms with Crippen LogP contribution in [0, 0.1) is 15.4 Å². The van der Waals surface area contributed by atoms with Crippen molar-refractivity contribution in [3.05, 3.63) is 27.8 Å². The van der Waals surface area contributed by atoms with Crippen molar-refractivity contribution in [1.82, 2.24) is 4.90 Å². The largest absolute Gasteiger partial charge is 0.324 e. The lowest BCUT2D eigenvalue weighted by Gasteiger charge is -2.19. The van der Waals surface area contributed by atoms with Gasteiger partial charge in [0.1, 0.15) is 6.54 Å². The highest BCUT2D eigenvalue weighted by Gasteiger charge is 2.48. The van der Waals surface area contributed by atoms with Gasteiger partial charge in [0.05, 0.1) is 11.8 Å². The fourth-order valence-corrected chi connectivity index (χ4v) is 3.84. The van der Waals surface area contributed by atoms with Crippen LogP contribution in [0.1, 0.15) is 25.7 Å². The number of hydrogen-bond donors (Lipinski definition) is 1. The van der Waals surface area contributed by atoms with E-state index in [0.29, 0.717) is 5.69 Å². The maximum Gasteiger partial charge on any atom is 0.244 e. The summed E-state index contributed by atoms with van der Waals surface area (Å²) in [5.41, 5.74) is 0.674. The minimum Gasteiger partial charge on any atom is -0.324 e. The van der Waals surface area contributed by atoms with Crippen LogP contribution in [0.5, 0.6) is 0 Å². The molecule has 1 aliphatic carbocycles. The molecular weight excluding hydrogens is 395 g/mol. The normalized spacial score (nSPS) is 24.3. The van der Waals surface area contributed by atoms with E-state index in [1.807, 2.05) is 18.2 Å². The Balaban J connectivity index is 1.66. The molecule has 1 aromatic rings. The second-order valence-corrected chi connectivity index (χ2v) is 7.06. The Morgan fingerprint density at radius 2 is 1.82 bits per heavy atom. The SMILES string of the molecule is O=C(CN1C(=O)[C@H]2CCCC[C@H]2C1=O)Nc1cccc(I)c1. The van der Waals surface area contributed by atoms with E-state index in [9.17, 15) is 14.4 Å². The molecule has 1 N–H and O–H groups in total. The average Bonchev–Trinajstić information content (AvgIpc) is 2.73. The lowest BCUT2D eigenvalue weighted by Crippen LogP contribution is -2.38. The molecule has 22 heavy (non-hydrogen) atoms. The van der Waals surface area contributed by atoms with Gasteiger partial charge < -0.3 is 5.32 Å². The third-order valence-corrected chi connectivity index (χ3v) is 5.01. The number of benzene rings is 1. The van der Waals surface area contributed by atoms with Crippen LogP contribution < -0.4 is 5.32 Å². The van der Waals surface area contributed by atoms with Gasteiger partial charge in [-0.2, -0.15) is 0 Å². The van der Waals surface area contributed by atoms with E-state index in [1.165, 1.54) is 0 Å². The number of nitrogens with zero attached hydrogens (tertiary/aromatic N) is 1. The molecule has 116 valence electrons. The first kappa shape index (κ1) is 15.5.